The number of rotatable bonds is 6. The minimum Gasteiger partial charge on any atom is -0.497 e. The molecule has 182 valence electrons. The summed E-state index contributed by atoms with van der Waals surface area (Å²) in [6.07, 6.45) is 2.26. The van der Waals surface area contributed by atoms with Gasteiger partial charge in [-0.15, -0.1) is 0 Å². The standard InChI is InChI=1S/C27H23N3O5S/c1-35-22-13-11-21(12-14-22)30-25-24(26(28-30)36(2,33)34)15-16-29(27(25)32)20-9-7-18(8-10-20)23-6-4-3-5-19(23)17-31/h3-14,17H,15-16H2,1-2H3. The van der Waals surface area contributed by atoms with Crippen molar-refractivity contribution in [3.8, 4) is 22.6 Å². The van der Waals surface area contributed by atoms with Crippen LogP contribution in [0.4, 0.5) is 5.69 Å². The molecule has 9 heteroatoms. The number of benzene rings is 3. The van der Waals surface area contributed by atoms with Crippen LogP contribution < -0.4 is 9.64 Å². The number of anilines is 1. The van der Waals surface area contributed by atoms with Crippen LogP contribution in [-0.2, 0) is 16.3 Å². The molecule has 0 N–H and O–H groups in total. The van der Waals surface area contributed by atoms with Crippen LogP contribution in [0.2, 0.25) is 0 Å². The fourth-order valence-corrected chi connectivity index (χ4v) is 5.34. The van der Waals surface area contributed by atoms with Gasteiger partial charge in [-0.25, -0.2) is 13.1 Å². The van der Waals surface area contributed by atoms with E-state index in [0.29, 0.717) is 41.2 Å². The highest BCUT2D eigenvalue weighted by Crippen LogP contribution is 2.32. The number of fused-ring (bicyclic) bond motifs is 1. The molecule has 0 fully saturated rings. The molecule has 2 heterocycles. The first kappa shape index (κ1) is 23.5. The zero-order valence-electron chi connectivity index (χ0n) is 19.7. The van der Waals surface area contributed by atoms with Gasteiger partial charge < -0.3 is 9.64 Å². The van der Waals surface area contributed by atoms with E-state index in [-0.39, 0.29) is 16.6 Å². The fraction of sp³-hybridized carbons (Fsp3) is 0.148. The van der Waals surface area contributed by atoms with E-state index in [4.69, 9.17) is 4.74 Å². The average molecular weight is 502 g/mol. The third-order valence-corrected chi connectivity index (χ3v) is 7.26. The van der Waals surface area contributed by atoms with Crippen molar-refractivity contribution in [3.63, 3.8) is 0 Å². The van der Waals surface area contributed by atoms with Crippen molar-refractivity contribution < 1.29 is 22.7 Å². The molecule has 36 heavy (non-hydrogen) atoms. The molecule has 0 saturated carbocycles. The summed E-state index contributed by atoms with van der Waals surface area (Å²) in [6.45, 7) is 0.312. The quantitative estimate of drug-likeness (QED) is 0.371. The Morgan fingerprint density at radius 2 is 1.61 bits per heavy atom. The Kier molecular flexibility index (Phi) is 5.93. The Morgan fingerprint density at radius 1 is 0.944 bits per heavy atom. The highest BCUT2D eigenvalue weighted by atomic mass is 32.2. The number of methoxy groups -OCH3 is 1. The number of nitrogens with zero attached hydrogens (tertiary/aromatic N) is 3. The van der Waals surface area contributed by atoms with Gasteiger partial charge in [-0.05, 0) is 53.9 Å². The van der Waals surface area contributed by atoms with Crippen LogP contribution in [0.3, 0.4) is 0 Å². The molecule has 1 aromatic heterocycles. The van der Waals surface area contributed by atoms with Gasteiger partial charge in [0.1, 0.15) is 11.4 Å². The Morgan fingerprint density at radius 3 is 2.25 bits per heavy atom. The third kappa shape index (κ3) is 4.07. The SMILES string of the molecule is COc1ccc(-n2nc(S(C)(=O)=O)c3c2C(=O)N(c2ccc(-c4ccccc4C=O)cc2)CC3)cc1. The smallest absolute Gasteiger partial charge is 0.277 e. The van der Waals surface area contributed by atoms with Crippen LogP contribution in [0.5, 0.6) is 5.75 Å². The summed E-state index contributed by atoms with van der Waals surface area (Å²) < 4.78 is 31.6. The molecule has 1 amide bonds. The number of aromatic nitrogens is 2. The molecule has 0 atom stereocenters. The fourth-order valence-electron chi connectivity index (χ4n) is 4.47. The molecule has 0 unspecified atom stereocenters. The second-order valence-corrected chi connectivity index (χ2v) is 10.4. The molecule has 4 aromatic rings. The van der Waals surface area contributed by atoms with Gasteiger partial charge >= 0.3 is 0 Å². The van der Waals surface area contributed by atoms with Crippen molar-refractivity contribution in [3.05, 3.63) is 89.6 Å². The number of hydrogen-bond donors (Lipinski definition) is 0. The zero-order chi connectivity index (χ0) is 25.4. The average Bonchev–Trinajstić information content (AvgIpc) is 3.30. The summed E-state index contributed by atoms with van der Waals surface area (Å²) in [5.74, 6) is 0.294. The lowest BCUT2D eigenvalue weighted by Gasteiger charge is -2.28. The summed E-state index contributed by atoms with van der Waals surface area (Å²) in [6, 6.07) is 21.6. The second-order valence-electron chi connectivity index (χ2n) is 8.47. The van der Waals surface area contributed by atoms with Gasteiger partial charge in [0, 0.05) is 29.6 Å². The summed E-state index contributed by atoms with van der Waals surface area (Å²) in [5, 5.41) is 4.27. The Hall–Kier alpha value is -4.24. The van der Waals surface area contributed by atoms with Gasteiger partial charge in [0.05, 0.1) is 12.8 Å². The number of aldehydes is 1. The first-order valence-corrected chi connectivity index (χ1v) is 13.1. The number of hydrogen-bond acceptors (Lipinski definition) is 6. The highest BCUT2D eigenvalue weighted by molar-refractivity contribution is 7.90. The first-order chi connectivity index (χ1) is 17.3. The van der Waals surface area contributed by atoms with Crippen molar-refractivity contribution in [2.45, 2.75) is 11.4 Å². The Bertz CT molecular complexity index is 1570. The van der Waals surface area contributed by atoms with Crippen molar-refractivity contribution in [2.24, 2.45) is 0 Å². The van der Waals surface area contributed by atoms with E-state index in [1.165, 1.54) is 4.68 Å². The lowest BCUT2D eigenvalue weighted by atomic mass is 9.99. The Balaban J connectivity index is 1.55. The molecule has 1 aliphatic heterocycles. The number of amides is 1. The summed E-state index contributed by atoms with van der Waals surface area (Å²) in [7, 11) is -2.10. The second kappa shape index (κ2) is 9.09. The number of sulfone groups is 1. The van der Waals surface area contributed by atoms with E-state index in [9.17, 15) is 18.0 Å². The molecule has 1 aliphatic rings. The molecular weight excluding hydrogens is 478 g/mol. The minimum absolute atomic E-state index is 0.0814. The maximum atomic E-state index is 13.7. The third-order valence-electron chi connectivity index (χ3n) is 6.23. The molecule has 0 bridgehead atoms. The largest absolute Gasteiger partial charge is 0.497 e. The van der Waals surface area contributed by atoms with Crippen LogP contribution in [0, 0.1) is 0 Å². The van der Waals surface area contributed by atoms with Gasteiger partial charge in [-0.3, -0.25) is 9.59 Å². The lowest BCUT2D eigenvalue weighted by molar-refractivity contribution is 0.0972. The van der Waals surface area contributed by atoms with Gasteiger partial charge in [0.25, 0.3) is 5.91 Å². The predicted molar refractivity (Wildman–Crippen MR) is 136 cm³/mol. The van der Waals surface area contributed by atoms with E-state index in [1.54, 1.807) is 42.3 Å². The Labute approximate surface area is 208 Å². The van der Waals surface area contributed by atoms with Crippen LogP contribution in [-0.4, -0.2) is 50.3 Å². The number of carbonyl (C=O) groups excluding carboxylic acids is 2. The lowest BCUT2D eigenvalue weighted by Crippen LogP contribution is -2.38. The molecule has 0 aliphatic carbocycles. The topological polar surface area (TPSA) is 98.6 Å². The predicted octanol–water partition coefficient (Wildman–Crippen LogP) is 3.97. The molecule has 8 nitrogen and oxygen atoms in total. The van der Waals surface area contributed by atoms with Gasteiger partial charge in [-0.1, -0.05) is 36.4 Å². The minimum atomic E-state index is -3.65. The van der Waals surface area contributed by atoms with Crippen LogP contribution in [0.15, 0.2) is 77.8 Å². The molecule has 5 rings (SSSR count). The molecular formula is C27H23N3O5S. The van der Waals surface area contributed by atoms with Crippen LogP contribution in [0.1, 0.15) is 26.4 Å². The molecule has 0 spiro atoms. The van der Waals surface area contributed by atoms with Crippen molar-refractivity contribution >= 4 is 27.7 Å². The van der Waals surface area contributed by atoms with E-state index in [2.05, 4.69) is 5.10 Å². The maximum Gasteiger partial charge on any atom is 0.277 e. The molecule has 0 radical (unpaired) electrons. The molecule has 3 aromatic carbocycles. The van der Waals surface area contributed by atoms with E-state index in [1.807, 2.05) is 42.5 Å². The summed E-state index contributed by atoms with van der Waals surface area (Å²) >= 11 is 0. The monoisotopic (exact) mass is 501 g/mol. The van der Waals surface area contributed by atoms with E-state index in [0.717, 1.165) is 23.7 Å². The number of ether oxygens (including phenoxy) is 1. The maximum absolute atomic E-state index is 13.7. The van der Waals surface area contributed by atoms with Gasteiger partial charge in [0.15, 0.2) is 21.1 Å². The van der Waals surface area contributed by atoms with Crippen LogP contribution >= 0.6 is 0 Å². The van der Waals surface area contributed by atoms with Gasteiger partial charge in [-0.2, -0.15) is 5.10 Å². The molecule has 0 saturated heterocycles. The van der Waals surface area contributed by atoms with Crippen molar-refractivity contribution in [1.29, 1.82) is 0 Å². The first-order valence-electron chi connectivity index (χ1n) is 11.2. The summed E-state index contributed by atoms with van der Waals surface area (Å²) in [5.41, 5.74) is 4.12. The normalized spacial score (nSPS) is 13.4. The van der Waals surface area contributed by atoms with Crippen molar-refractivity contribution in [2.75, 3.05) is 24.8 Å². The highest BCUT2D eigenvalue weighted by Gasteiger charge is 2.35. The summed E-state index contributed by atoms with van der Waals surface area (Å²) in [4.78, 5) is 26.8. The number of carbonyl (C=O) groups is 2. The van der Waals surface area contributed by atoms with Gasteiger partial charge in [0.2, 0.25) is 0 Å². The van der Waals surface area contributed by atoms with E-state index >= 15 is 0 Å². The van der Waals surface area contributed by atoms with E-state index < -0.39 is 9.84 Å². The zero-order valence-corrected chi connectivity index (χ0v) is 20.5. The van der Waals surface area contributed by atoms with Crippen molar-refractivity contribution in [1.82, 2.24) is 9.78 Å². The van der Waals surface area contributed by atoms with Crippen LogP contribution in [0.25, 0.3) is 16.8 Å².